The molecule has 9 nitrogen and oxygen atoms in total. The Balaban J connectivity index is 1.41. The number of ether oxygens (including phenoxy) is 4. The molecule has 2 aromatic heterocycles. The van der Waals surface area contributed by atoms with E-state index in [4.69, 9.17) is 25.4 Å². The van der Waals surface area contributed by atoms with Crippen LogP contribution in [0.4, 0.5) is 5.82 Å². The first-order valence-electron chi connectivity index (χ1n) is 10.0. The van der Waals surface area contributed by atoms with Gasteiger partial charge in [0.05, 0.1) is 12.9 Å². The predicted molar refractivity (Wildman–Crippen MR) is 104 cm³/mol. The normalized spacial score (nSPS) is 33.5. The molecule has 3 fully saturated rings. The average Bonchev–Trinajstić information content (AvgIpc) is 3.37. The van der Waals surface area contributed by atoms with Crippen molar-refractivity contribution in [3.63, 3.8) is 0 Å². The Kier molecular flexibility index (Phi) is 4.67. The highest BCUT2D eigenvalue weighted by Crippen LogP contribution is 2.43. The van der Waals surface area contributed by atoms with E-state index in [2.05, 4.69) is 26.2 Å². The van der Waals surface area contributed by atoms with Crippen molar-refractivity contribution in [3.05, 3.63) is 12.7 Å². The van der Waals surface area contributed by atoms with Crippen LogP contribution in [0.25, 0.3) is 11.2 Å². The molecule has 29 heavy (non-hydrogen) atoms. The minimum absolute atomic E-state index is 0.330. The minimum atomic E-state index is -0.716. The zero-order valence-electron chi connectivity index (χ0n) is 16.6. The van der Waals surface area contributed by atoms with Crippen molar-refractivity contribution in [3.8, 4) is 12.3 Å². The molecule has 3 aliphatic heterocycles. The molecule has 5 rings (SSSR count). The zero-order valence-corrected chi connectivity index (χ0v) is 16.6. The van der Waals surface area contributed by atoms with Crippen LogP contribution in [0.2, 0.25) is 0 Å². The third-order valence-electron chi connectivity index (χ3n) is 5.64. The van der Waals surface area contributed by atoms with Crippen LogP contribution in [0.5, 0.6) is 0 Å². The maximum Gasteiger partial charge on any atom is 0.167 e. The van der Waals surface area contributed by atoms with Gasteiger partial charge in [-0.2, -0.15) is 0 Å². The standard InChI is InChI=1S/C20H25N5O4/c1-4-13-15-16(29-20(2,3)28-15)19(27-13)25-11-24-14-17(22-10-23-18(14)25)21-8-12-6-5-7-26-9-12/h1,10-13,15-16,19H,5-9H2,2-3H3,(H,21,22,23)/t12?,13-,15-,16-,19-/m1/s1. The molecule has 2 aromatic rings. The van der Waals surface area contributed by atoms with Crippen LogP contribution < -0.4 is 5.32 Å². The molecule has 3 saturated heterocycles. The van der Waals surface area contributed by atoms with E-state index in [-0.39, 0.29) is 12.2 Å². The van der Waals surface area contributed by atoms with Gasteiger partial charge in [0.1, 0.15) is 24.6 Å². The van der Waals surface area contributed by atoms with Gasteiger partial charge in [-0.25, -0.2) is 15.0 Å². The van der Waals surface area contributed by atoms with Crippen molar-refractivity contribution < 1.29 is 18.9 Å². The first-order valence-corrected chi connectivity index (χ1v) is 10.0. The van der Waals surface area contributed by atoms with Crippen LogP contribution in [0, 0.1) is 18.3 Å². The number of hydrogen-bond acceptors (Lipinski definition) is 8. The van der Waals surface area contributed by atoms with E-state index in [1.807, 2.05) is 18.4 Å². The van der Waals surface area contributed by atoms with Crippen LogP contribution in [-0.4, -0.2) is 63.4 Å². The quantitative estimate of drug-likeness (QED) is 0.777. The molecule has 0 spiro atoms. The van der Waals surface area contributed by atoms with Gasteiger partial charge in [-0.05, 0) is 32.6 Å². The summed E-state index contributed by atoms with van der Waals surface area (Å²) in [6.45, 7) is 6.16. The Morgan fingerprint density at radius 3 is 2.93 bits per heavy atom. The average molecular weight is 399 g/mol. The Morgan fingerprint density at radius 1 is 1.28 bits per heavy atom. The number of imidazole rings is 1. The van der Waals surface area contributed by atoms with E-state index in [9.17, 15) is 0 Å². The Hall–Kier alpha value is -2.25. The van der Waals surface area contributed by atoms with Gasteiger partial charge in [0.25, 0.3) is 0 Å². The number of rotatable bonds is 4. The highest BCUT2D eigenvalue weighted by Gasteiger charge is 2.55. The van der Waals surface area contributed by atoms with Crippen LogP contribution >= 0.6 is 0 Å². The maximum atomic E-state index is 6.08. The molecule has 5 atom stereocenters. The van der Waals surface area contributed by atoms with E-state index < -0.39 is 18.1 Å². The fourth-order valence-electron chi connectivity index (χ4n) is 4.31. The number of nitrogens with zero attached hydrogens (tertiary/aromatic N) is 4. The third-order valence-corrected chi connectivity index (χ3v) is 5.64. The molecule has 9 heteroatoms. The van der Waals surface area contributed by atoms with Gasteiger partial charge >= 0.3 is 0 Å². The summed E-state index contributed by atoms with van der Waals surface area (Å²) in [7, 11) is 0. The van der Waals surface area contributed by atoms with Crippen molar-refractivity contribution in [2.45, 2.75) is 57.0 Å². The molecule has 1 unspecified atom stereocenters. The summed E-state index contributed by atoms with van der Waals surface area (Å²) in [5.74, 6) is 3.12. The molecular weight excluding hydrogens is 374 g/mol. The smallest absolute Gasteiger partial charge is 0.167 e. The summed E-state index contributed by atoms with van der Waals surface area (Å²) in [5, 5.41) is 3.40. The summed E-state index contributed by atoms with van der Waals surface area (Å²) in [5.41, 5.74) is 1.35. The second kappa shape index (κ2) is 7.22. The van der Waals surface area contributed by atoms with E-state index in [0.717, 1.165) is 32.6 Å². The highest BCUT2D eigenvalue weighted by molar-refractivity contribution is 5.82. The molecule has 0 aromatic carbocycles. The fourth-order valence-corrected chi connectivity index (χ4v) is 4.31. The highest BCUT2D eigenvalue weighted by atomic mass is 16.8. The monoisotopic (exact) mass is 399 g/mol. The largest absolute Gasteiger partial charge is 0.381 e. The van der Waals surface area contributed by atoms with Crippen molar-refractivity contribution in [1.29, 1.82) is 0 Å². The minimum Gasteiger partial charge on any atom is -0.381 e. The second-order valence-electron chi connectivity index (χ2n) is 8.19. The number of aromatic nitrogens is 4. The number of anilines is 1. The summed E-state index contributed by atoms with van der Waals surface area (Å²) in [6, 6.07) is 0. The Bertz CT molecular complexity index is 933. The molecule has 0 aliphatic carbocycles. The third kappa shape index (κ3) is 3.36. The molecule has 0 bridgehead atoms. The SMILES string of the molecule is C#C[C@H]1O[C@@H](n2cnc3c(NCC4CCCOC4)ncnc32)[C@@H]2OC(C)(C)O[C@@H]21. The summed E-state index contributed by atoms with van der Waals surface area (Å²) in [4.78, 5) is 13.4. The molecule has 5 heterocycles. The van der Waals surface area contributed by atoms with Crippen LogP contribution in [0.3, 0.4) is 0 Å². The molecule has 0 amide bonds. The van der Waals surface area contributed by atoms with Crippen molar-refractivity contribution in [1.82, 2.24) is 19.5 Å². The van der Waals surface area contributed by atoms with Gasteiger partial charge in [-0.1, -0.05) is 5.92 Å². The molecule has 0 radical (unpaired) electrons. The van der Waals surface area contributed by atoms with E-state index >= 15 is 0 Å². The van der Waals surface area contributed by atoms with Gasteiger partial charge in [0.2, 0.25) is 0 Å². The first-order chi connectivity index (χ1) is 14.1. The van der Waals surface area contributed by atoms with Crippen LogP contribution in [-0.2, 0) is 18.9 Å². The van der Waals surface area contributed by atoms with E-state index in [0.29, 0.717) is 22.9 Å². The van der Waals surface area contributed by atoms with Crippen molar-refractivity contribution >= 4 is 17.0 Å². The van der Waals surface area contributed by atoms with Gasteiger partial charge in [0.15, 0.2) is 29.0 Å². The lowest BCUT2D eigenvalue weighted by Gasteiger charge is -2.23. The lowest BCUT2D eigenvalue weighted by atomic mass is 10.0. The summed E-state index contributed by atoms with van der Waals surface area (Å²) >= 11 is 0. The predicted octanol–water partition coefficient (Wildman–Crippen LogP) is 1.72. The summed E-state index contributed by atoms with van der Waals surface area (Å²) < 4.78 is 25.5. The number of nitrogens with one attached hydrogen (secondary N) is 1. The van der Waals surface area contributed by atoms with Crippen LogP contribution in [0.15, 0.2) is 12.7 Å². The number of terminal acetylenes is 1. The lowest BCUT2D eigenvalue weighted by molar-refractivity contribution is -0.190. The first kappa shape index (κ1) is 18.8. The Labute approximate surface area is 169 Å². The van der Waals surface area contributed by atoms with Crippen molar-refractivity contribution in [2.75, 3.05) is 25.1 Å². The Morgan fingerprint density at radius 2 is 2.14 bits per heavy atom. The molecule has 3 aliphatic rings. The van der Waals surface area contributed by atoms with Gasteiger partial charge in [-0.15, -0.1) is 6.42 Å². The number of hydrogen-bond donors (Lipinski definition) is 1. The zero-order chi connectivity index (χ0) is 20.0. The second-order valence-corrected chi connectivity index (χ2v) is 8.19. The molecule has 1 N–H and O–H groups in total. The fraction of sp³-hybridized carbons (Fsp3) is 0.650. The topological polar surface area (TPSA) is 92.6 Å². The van der Waals surface area contributed by atoms with Crippen molar-refractivity contribution in [2.24, 2.45) is 5.92 Å². The lowest BCUT2D eigenvalue weighted by Crippen LogP contribution is -2.28. The molecule has 0 saturated carbocycles. The van der Waals surface area contributed by atoms with Gasteiger partial charge in [0, 0.05) is 13.2 Å². The van der Waals surface area contributed by atoms with Gasteiger partial charge < -0.3 is 24.3 Å². The molecular formula is C20H25N5O4. The summed E-state index contributed by atoms with van der Waals surface area (Å²) in [6.07, 6.45) is 9.50. The van der Waals surface area contributed by atoms with E-state index in [1.54, 1.807) is 6.33 Å². The maximum absolute atomic E-state index is 6.08. The van der Waals surface area contributed by atoms with E-state index in [1.165, 1.54) is 6.33 Å². The van der Waals surface area contributed by atoms with Crippen LogP contribution in [0.1, 0.15) is 32.9 Å². The molecule has 154 valence electrons. The number of fused-ring (bicyclic) bond motifs is 2. The van der Waals surface area contributed by atoms with Gasteiger partial charge in [-0.3, -0.25) is 4.57 Å².